The van der Waals surface area contributed by atoms with Gasteiger partial charge in [-0.3, -0.25) is 4.79 Å². The fourth-order valence-corrected chi connectivity index (χ4v) is 6.95. The molecule has 194 valence electrons. The molecule has 2 aliphatic carbocycles. The van der Waals surface area contributed by atoms with Gasteiger partial charge in [0.2, 0.25) is 0 Å². The van der Waals surface area contributed by atoms with Crippen LogP contribution < -0.4 is 0 Å². The largest absolute Gasteiger partial charge is 0.289 e. The number of carbonyl (C=O) groups is 1. The van der Waals surface area contributed by atoms with Crippen LogP contribution in [0.2, 0.25) is 0 Å². The SMILES string of the molecule is O=C1c2ccccc2-c2ccc(-c3nc(-c4ccccc4)c4c(c3-c3ccccc3)-c3cccc5cccc-4c35)cc21. The highest BCUT2D eigenvalue weighted by atomic mass is 16.1. The zero-order valence-electron chi connectivity index (χ0n) is 22.6. The minimum Gasteiger partial charge on any atom is -0.289 e. The van der Waals surface area contributed by atoms with E-state index in [4.69, 9.17) is 4.98 Å². The molecule has 1 heterocycles. The van der Waals surface area contributed by atoms with Gasteiger partial charge in [-0.1, -0.05) is 133 Å². The van der Waals surface area contributed by atoms with Gasteiger partial charge in [-0.05, 0) is 44.7 Å². The van der Waals surface area contributed by atoms with Crippen molar-refractivity contribution in [3.05, 3.63) is 151 Å². The second-order valence-corrected chi connectivity index (χ2v) is 11.0. The van der Waals surface area contributed by atoms with E-state index in [-0.39, 0.29) is 5.78 Å². The van der Waals surface area contributed by atoms with Crippen LogP contribution in [0.5, 0.6) is 0 Å². The number of aromatic nitrogens is 1. The normalized spacial score (nSPS) is 12.3. The second-order valence-electron chi connectivity index (χ2n) is 11.0. The Morgan fingerprint density at radius 1 is 0.381 bits per heavy atom. The Balaban J connectivity index is 1.42. The third kappa shape index (κ3) is 3.15. The van der Waals surface area contributed by atoms with Crippen LogP contribution in [0, 0.1) is 0 Å². The van der Waals surface area contributed by atoms with E-state index in [2.05, 4.69) is 109 Å². The van der Waals surface area contributed by atoms with E-state index in [1.165, 1.54) is 33.0 Å². The maximum Gasteiger partial charge on any atom is 0.194 e. The standard InChI is InChI=1S/C40H23NO/c42-40-30-18-8-7-17-28(30)29-22-21-27(23-33(29)40)39-35(25-11-3-1-4-12-25)36-31-19-9-15-24-16-10-20-32(34(24)31)37(36)38(41-39)26-13-5-2-6-14-26/h1-23H. The number of fused-ring (bicyclic) bond motifs is 6. The molecule has 9 rings (SSSR count). The second kappa shape index (κ2) is 8.70. The lowest BCUT2D eigenvalue weighted by molar-refractivity contribution is 0.104. The molecule has 0 atom stereocenters. The molecular formula is C40H23NO. The molecule has 0 N–H and O–H groups in total. The molecule has 0 saturated carbocycles. The molecule has 2 aliphatic rings. The summed E-state index contributed by atoms with van der Waals surface area (Å²) in [5.41, 5.74) is 14.4. The van der Waals surface area contributed by atoms with E-state index in [0.29, 0.717) is 0 Å². The molecule has 0 aliphatic heterocycles. The molecule has 0 amide bonds. The molecule has 0 saturated heterocycles. The zero-order chi connectivity index (χ0) is 27.8. The number of rotatable bonds is 3. The summed E-state index contributed by atoms with van der Waals surface area (Å²) in [5.74, 6) is 0.0744. The molecule has 7 aromatic rings. The Bertz CT molecular complexity index is 2240. The van der Waals surface area contributed by atoms with Gasteiger partial charge < -0.3 is 0 Å². The summed E-state index contributed by atoms with van der Waals surface area (Å²) in [4.78, 5) is 19.1. The Morgan fingerprint density at radius 2 is 0.952 bits per heavy atom. The Hall–Kier alpha value is -5.60. The highest BCUT2D eigenvalue weighted by Crippen LogP contribution is 2.56. The minimum absolute atomic E-state index is 0.0744. The van der Waals surface area contributed by atoms with Crippen molar-refractivity contribution in [2.24, 2.45) is 0 Å². The molecule has 2 heteroatoms. The summed E-state index contributed by atoms with van der Waals surface area (Å²) in [5, 5.41) is 2.49. The van der Waals surface area contributed by atoms with E-state index in [9.17, 15) is 4.79 Å². The van der Waals surface area contributed by atoms with E-state index in [0.717, 1.165) is 55.9 Å². The topological polar surface area (TPSA) is 30.0 Å². The fourth-order valence-electron chi connectivity index (χ4n) is 6.95. The van der Waals surface area contributed by atoms with Crippen molar-refractivity contribution in [2.75, 3.05) is 0 Å². The number of benzene rings is 6. The fraction of sp³-hybridized carbons (Fsp3) is 0. The van der Waals surface area contributed by atoms with Crippen molar-refractivity contribution in [1.29, 1.82) is 0 Å². The number of pyridine rings is 1. The summed E-state index contributed by atoms with van der Waals surface area (Å²) in [7, 11) is 0. The van der Waals surface area contributed by atoms with Crippen LogP contribution in [0.15, 0.2) is 140 Å². The smallest absolute Gasteiger partial charge is 0.194 e. The zero-order valence-corrected chi connectivity index (χ0v) is 22.6. The summed E-state index contributed by atoms with van der Waals surface area (Å²) < 4.78 is 0. The van der Waals surface area contributed by atoms with Crippen LogP contribution in [0.1, 0.15) is 15.9 Å². The molecule has 0 spiro atoms. The summed E-state index contributed by atoms with van der Waals surface area (Å²) in [6.07, 6.45) is 0. The Kier molecular flexibility index (Phi) is 4.79. The minimum atomic E-state index is 0.0744. The van der Waals surface area contributed by atoms with Gasteiger partial charge in [0.05, 0.1) is 11.4 Å². The van der Waals surface area contributed by atoms with Gasteiger partial charge in [0.25, 0.3) is 0 Å². The van der Waals surface area contributed by atoms with Gasteiger partial charge >= 0.3 is 0 Å². The third-order valence-corrected chi connectivity index (χ3v) is 8.75. The molecule has 2 nitrogen and oxygen atoms in total. The van der Waals surface area contributed by atoms with Crippen molar-refractivity contribution < 1.29 is 4.79 Å². The van der Waals surface area contributed by atoms with Gasteiger partial charge in [-0.25, -0.2) is 4.98 Å². The maximum atomic E-state index is 13.6. The van der Waals surface area contributed by atoms with Crippen LogP contribution in [-0.2, 0) is 0 Å². The van der Waals surface area contributed by atoms with Crippen LogP contribution in [0.3, 0.4) is 0 Å². The molecule has 42 heavy (non-hydrogen) atoms. The maximum absolute atomic E-state index is 13.6. The van der Waals surface area contributed by atoms with E-state index < -0.39 is 0 Å². The van der Waals surface area contributed by atoms with Crippen LogP contribution in [-0.4, -0.2) is 10.8 Å². The molecule has 1 aromatic heterocycles. The average molecular weight is 534 g/mol. The number of ketones is 1. The van der Waals surface area contributed by atoms with Crippen molar-refractivity contribution in [1.82, 2.24) is 4.98 Å². The number of nitrogens with zero attached hydrogens (tertiary/aromatic N) is 1. The van der Waals surface area contributed by atoms with Crippen molar-refractivity contribution in [3.8, 4) is 67.0 Å². The number of hydrogen-bond acceptors (Lipinski definition) is 2. The van der Waals surface area contributed by atoms with Crippen molar-refractivity contribution >= 4 is 16.6 Å². The van der Waals surface area contributed by atoms with E-state index in [1.54, 1.807) is 0 Å². The average Bonchev–Trinajstić information content (AvgIpc) is 3.54. The van der Waals surface area contributed by atoms with Gasteiger partial charge in [0, 0.05) is 38.9 Å². The Labute approximate surface area is 243 Å². The predicted molar refractivity (Wildman–Crippen MR) is 171 cm³/mol. The van der Waals surface area contributed by atoms with E-state index in [1.807, 2.05) is 30.3 Å². The highest BCUT2D eigenvalue weighted by molar-refractivity contribution is 6.23. The van der Waals surface area contributed by atoms with Crippen molar-refractivity contribution in [3.63, 3.8) is 0 Å². The number of carbonyl (C=O) groups excluding carboxylic acids is 1. The Morgan fingerprint density at radius 3 is 1.69 bits per heavy atom. The lowest BCUT2D eigenvalue weighted by atomic mass is 9.87. The predicted octanol–water partition coefficient (Wildman–Crippen LogP) is 10.1. The molecule has 0 unspecified atom stereocenters. The molecular weight excluding hydrogens is 510 g/mol. The molecule has 0 fully saturated rings. The van der Waals surface area contributed by atoms with Gasteiger partial charge in [0.1, 0.15) is 0 Å². The molecule has 0 radical (unpaired) electrons. The first kappa shape index (κ1) is 23.1. The lowest BCUT2D eigenvalue weighted by Gasteiger charge is -2.20. The van der Waals surface area contributed by atoms with Crippen LogP contribution >= 0.6 is 0 Å². The lowest BCUT2D eigenvalue weighted by Crippen LogP contribution is -2.00. The highest BCUT2D eigenvalue weighted by Gasteiger charge is 2.32. The summed E-state index contributed by atoms with van der Waals surface area (Å²) >= 11 is 0. The van der Waals surface area contributed by atoms with Crippen LogP contribution in [0.4, 0.5) is 0 Å². The van der Waals surface area contributed by atoms with Crippen molar-refractivity contribution in [2.45, 2.75) is 0 Å². The quantitative estimate of drug-likeness (QED) is 0.226. The number of hydrogen-bond donors (Lipinski definition) is 0. The summed E-state index contributed by atoms with van der Waals surface area (Å²) in [6.45, 7) is 0. The monoisotopic (exact) mass is 533 g/mol. The molecule has 0 bridgehead atoms. The van der Waals surface area contributed by atoms with Crippen LogP contribution in [0.25, 0.3) is 77.8 Å². The van der Waals surface area contributed by atoms with E-state index >= 15 is 0 Å². The van der Waals surface area contributed by atoms with Gasteiger partial charge in [-0.2, -0.15) is 0 Å². The molecule has 6 aromatic carbocycles. The van der Waals surface area contributed by atoms with Gasteiger partial charge in [0.15, 0.2) is 5.78 Å². The first-order chi connectivity index (χ1) is 20.8. The van der Waals surface area contributed by atoms with Gasteiger partial charge in [-0.15, -0.1) is 0 Å². The summed E-state index contributed by atoms with van der Waals surface area (Å²) in [6, 6.07) is 48.3. The first-order valence-electron chi connectivity index (χ1n) is 14.3. The first-order valence-corrected chi connectivity index (χ1v) is 14.3. The third-order valence-electron chi connectivity index (χ3n) is 8.75.